The predicted octanol–water partition coefficient (Wildman–Crippen LogP) is 3.97. The molecule has 0 bridgehead atoms. The van der Waals surface area contributed by atoms with Gasteiger partial charge in [-0.15, -0.1) is 0 Å². The number of piperidine rings is 1. The molecular formula is C22H28N2O. The Morgan fingerprint density at radius 2 is 1.92 bits per heavy atom. The molecule has 3 nitrogen and oxygen atoms in total. The van der Waals surface area contributed by atoms with Crippen molar-refractivity contribution in [1.29, 1.82) is 0 Å². The Morgan fingerprint density at radius 1 is 1.12 bits per heavy atom. The molecule has 1 heterocycles. The van der Waals surface area contributed by atoms with Gasteiger partial charge in [0, 0.05) is 31.6 Å². The zero-order chi connectivity index (χ0) is 17.2. The van der Waals surface area contributed by atoms with Crippen LogP contribution in [0.25, 0.3) is 10.8 Å². The Bertz CT molecular complexity index is 753. The molecule has 132 valence electrons. The molecule has 2 aromatic carbocycles. The lowest BCUT2D eigenvalue weighted by Crippen LogP contribution is -2.51. The third-order valence-electron chi connectivity index (χ3n) is 5.88. The standard InChI is InChI=1S/C22H28N2O/c1-2-17-15-24(22(25)19-9-10-19)12-11-21(17)23-14-16-7-8-18-5-3-4-6-20(18)13-16/h3-8,13,17,19,21,23H,2,9-12,14-15H2,1H3/t17-,21-/m1/s1. The maximum absolute atomic E-state index is 12.3. The van der Waals surface area contributed by atoms with Gasteiger partial charge < -0.3 is 10.2 Å². The number of nitrogens with zero attached hydrogens (tertiary/aromatic N) is 1. The first-order valence-corrected chi connectivity index (χ1v) is 9.74. The van der Waals surface area contributed by atoms with Gasteiger partial charge in [-0.2, -0.15) is 0 Å². The first-order chi connectivity index (χ1) is 12.2. The molecule has 1 aliphatic carbocycles. The minimum atomic E-state index is 0.347. The topological polar surface area (TPSA) is 32.3 Å². The predicted molar refractivity (Wildman–Crippen MR) is 102 cm³/mol. The van der Waals surface area contributed by atoms with Crippen molar-refractivity contribution in [2.24, 2.45) is 11.8 Å². The fourth-order valence-corrected chi connectivity index (χ4v) is 4.10. The molecule has 1 N–H and O–H groups in total. The lowest BCUT2D eigenvalue weighted by atomic mass is 9.89. The van der Waals surface area contributed by atoms with Gasteiger partial charge in [0.05, 0.1) is 0 Å². The fourth-order valence-electron chi connectivity index (χ4n) is 4.10. The minimum absolute atomic E-state index is 0.347. The summed E-state index contributed by atoms with van der Waals surface area (Å²) in [6, 6.07) is 15.8. The second-order valence-electron chi connectivity index (χ2n) is 7.68. The molecule has 2 atom stereocenters. The summed E-state index contributed by atoms with van der Waals surface area (Å²) in [4.78, 5) is 14.5. The number of amides is 1. The van der Waals surface area contributed by atoms with Crippen LogP contribution < -0.4 is 5.32 Å². The van der Waals surface area contributed by atoms with E-state index >= 15 is 0 Å². The molecule has 0 aromatic heterocycles. The van der Waals surface area contributed by atoms with E-state index in [1.807, 2.05) is 0 Å². The van der Waals surface area contributed by atoms with Crippen LogP contribution in [0.3, 0.4) is 0 Å². The molecule has 1 saturated carbocycles. The van der Waals surface area contributed by atoms with Gasteiger partial charge in [-0.1, -0.05) is 49.7 Å². The molecule has 1 aliphatic heterocycles. The van der Waals surface area contributed by atoms with Crippen LogP contribution in [0.5, 0.6) is 0 Å². The first-order valence-electron chi connectivity index (χ1n) is 9.74. The SMILES string of the molecule is CC[C@@H]1CN(C(=O)C2CC2)CC[C@H]1NCc1ccc2ccccc2c1. The number of carbonyl (C=O) groups excluding carboxylic acids is 1. The van der Waals surface area contributed by atoms with Crippen molar-refractivity contribution in [1.82, 2.24) is 10.2 Å². The largest absolute Gasteiger partial charge is 0.342 e. The Balaban J connectivity index is 1.37. The number of carbonyl (C=O) groups is 1. The van der Waals surface area contributed by atoms with Gasteiger partial charge in [0.2, 0.25) is 5.91 Å². The number of nitrogens with one attached hydrogen (secondary N) is 1. The van der Waals surface area contributed by atoms with Gasteiger partial charge in [0.25, 0.3) is 0 Å². The van der Waals surface area contributed by atoms with Crippen molar-refractivity contribution in [3.8, 4) is 0 Å². The molecule has 2 aromatic rings. The monoisotopic (exact) mass is 336 g/mol. The van der Waals surface area contributed by atoms with E-state index < -0.39 is 0 Å². The van der Waals surface area contributed by atoms with E-state index in [1.165, 1.54) is 16.3 Å². The number of fused-ring (bicyclic) bond motifs is 1. The van der Waals surface area contributed by atoms with Crippen molar-refractivity contribution < 1.29 is 4.79 Å². The van der Waals surface area contributed by atoms with Crippen LogP contribution in [0, 0.1) is 11.8 Å². The average Bonchev–Trinajstić information content (AvgIpc) is 3.50. The van der Waals surface area contributed by atoms with E-state index in [0.717, 1.165) is 45.3 Å². The maximum atomic E-state index is 12.3. The normalized spacial score (nSPS) is 23.8. The van der Waals surface area contributed by atoms with Gasteiger partial charge in [-0.25, -0.2) is 0 Å². The zero-order valence-corrected chi connectivity index (χ0v) is 15.1. The maximum Gasteiger partial charge on any atom is 0.225 e. The second kappa shape index (κ2) is 7.17. The van der Waals surface area contributed by atoms with Gasteiger partial charge in [0.1, 0.15) is 0 Å². The lowest BCUT2D eigenvalue weighted by molar-refractivity contribution is -0.134. The summed E-state index contributed by atoms with van der Waals surface area (Å²) >= 11 is 0. The molecule has 4 rings (SSSR count). The fraction of sp³-hybridized carbons (Fsp3) is 0.500. The van der Waals surface area contributed by atoms with Gasteiger partial charge in [0.15, 0.2) is 0 Å². The summed E-state index contributed by atoms with van der Waals surface area (Å²) in [5.74, 6) is 1.32. The van der Waals surface area contributed by atoms with E-state index in [1.54, 1.807) is 0 Å². The Kier molecular flexibility index (Phi) is 4.76. The highest BCUT2D eigenvalue weighted by molar-refractivity contribution is 5.83. The van der Waals surface area contributed by atoms with Crippen molar-refractivity contribution in [2.75, 3.05) is 13.1 Å². The summed E-state index contributed by atoms with van der Waals surface area (Å²) < 4.78 is 0. The second-order valence-corrected chi connectivity index (χ2v) is 7.68. The van der Waals surface area contributed by atoms with Crippen LogP contribution in [0.2, 0.25) is 0 Å². The van der Waals surface area contributed by atoms with E-state index in [-0.39, 0.29) is 0 Å². The number of rotatable bonds is 5. The van der Waals surface area contributed by atoms with E-state index in [0.29, 0.717) is 23.8 Å². The smallest absolute Gasteiger partial charge is 0.225 e. The van der Waals surface area contributed by atoms with Gasteiger partial charge in [-0.3, -0.25) is 4.79 Å². The molecule has 0 spiro atoms. The summed E-state index contributed by atoms with van der Waals surface area (Å²) in [5.41, 5.74) is 1.34. The Morgan fingerprint density at radius 3 is 2.68 bits per heavy atom. The molecule has 25 heavy (non-hydrogen) atoms. The van der Waals surface area contributed by atoms with E-state index in [2.05, 4.69) is 59.6 Å². The van der Waals surface area contributed by atoms with Gasteiger partial charge in [-0.05, 0) is 47.6 Å². The summed E-state index contributed by atoms with van der Waals surface area (Å²) in [6.07, 6.45) is 4.42. The lowest BCUT2D eigenvalue weighted by Gasteiger charge is -2.39. The number of likely N-dealkylation sites (tertiary alicyclic amines) is 1. The van der Waals surface area contributed by atoms with Crippen LogP contribution in [0.15, 0.2) is 42.5 Å². The average molecular weight is 336 g/mol. The molecule has 0 unspecified atom stereocenters. The highest BCUT2D eigenvalue weighted by atomic mass is 16.2. The molecule has 1 saturated heterocycles. The minimum Gasteiger partial charge on any atom is -0.342 e. The van der Waals surface area contributed by atoms with Crippen molar-refractivity contribution in [3.05, 3.63) is 48.0 Å². The molecule has 2 aliphatic rings. The molecule has 1 amide bonds. The molecular weight excluding hydrogens is 308 g/mol. The van der Waals surface area contributed by atoms with E-state index in [4.69, 9.17) is 0 Å². The Hall–Kier alpha value is -1.87. The highest BCUT2D eigenvalue weighted by Crippen LogP contribution is 2.33. The Labute approximate surface area is 150 Å². The van der Waals surface area contributed by atoms with Crippen molar-refractivity contribution >= 4 is 16.7 Å². The first kappa shape index (κ1) is 16.6. The van der Waals surface area contributed by atoms with Crippen LogP contribution in [-0.4, -0.2) is 29.9 Å². The number of hydrogen-bond donors (Lipinski definition) is 1. The third kappa shape index (κ3) is 3.72. The third-order valence-corrected chi connectivity index (χ3v) is 5.88. The molecule has 0 radical (unpaired) electrons. The molecule has 2 fully saturated rings. The number of benzene rings is 2. The number of hydrogen-bond acceptors (Lipinski definition) is 2. The highest BCUT2D eigenvalue weighted by Gasteiger charge is 2.37. The summed E-state index contributed by atoms with van der Waals surface area (Å²) in [6.45, 7) is 5.01. The van der Waals surface area contributed by atoms with Crippen LogP contribution in [0.1, 0.15) is 38.2 Å². The van der Waals surface area contributed by atoms with Crippen LogP contribution >= 0.6 is 0 Å². The molecule has 3 heteroatoms. The zero-order valence-electron chi connectivity index (χ0n) is 15.1. The van der Waals surface area contributed by atoms with Crippen molar-refractivity contribution in [2.45, 2.75) is 45.2 Å². The quantitative estimate of drug-likeness (QED) is 0.896. The van der Waals surface area contributed by atoms with Crippen LogP contribution in [0.4, 0.5) is 0 Å². The van der Waals surface area contributed by atoms with E-state index in [9.17, 15) is 4.79 Å². The van der Waals surface area contributed by atoms with Crippen LogP contribution in [-0.2, 0) is 11.3 Å². The summed E-state index contributed by atoms with van der Waals surface area (Å²) in [5, 5.41) is 6.37. The van der Waals surface area contributed by atoms with Crippen molar-refractivity contribution in [3.63, 3.8) is 0 Å². The van der Waals surface area contributed by atoms with Gasteiger partial charge >= 0.3 is 0 Å². The summed E-state index contributed by atoms with van der Waals surface area (Å²) in [7, 11) is 0.